The van der Waals surface area contributed by atoms with Crippen molar-refractivity contribution in [2.75, 3.05) is 7.05 Å². The Hall–Kier alpha value is -1.75. The van der Waals surface area contributed by atoms with Crippen LogP contribution in [0.2, 0.25) is 0 Å². The lowest BCUT2D eigenvalue weighted by Crippen LogP contribution is -2.19. The number of nitrogens with zero attached hydrogens (tertiary/aromatic N) is 3. The Balaban J connectivity index is 2.10. The van der Waals surface area contributed by atoms with Crippen molar-refractivity contribution in [3.63, 3.8) is 0 Å². The maximum Gasteiger partial charge on any atom is 0.0997 e. The quantitative estimate of drug-likeness (QED) is 0.767. The van der Waals surface area contributed by atoms with Gasteiger partial charge in [-0.15, -0.1) is 0 Å². The molecule has 2 N–H and O–H groups in total. The van der Waals surface area contributed by atoms with Gasteiger partial charge in [-0.3, -0.25) is 4.98 Å². The van der Waals surface area contributed by atoms with Gasteiger partial charge in [-0.25, -0.2) is 0 Å². The topological polar surface area (TPSA) is 66.5 Å². The van der Waals surface area contributed by atoms with Crippen LogP contribution in [0.3, 0.4) is 0 Å². The molecule has 1 unspecified atom stereocenters. The van der Waals surface area contributed by atoms with Crippen LogP contribution in [0.5, 0.6) is 0 Å². The number of hydrogen-bond donors (Lipinski definition) is 2. The average molecular weight is 203 g/mol. The van der Waals surface area contributed by atoms with E-state index >= 15 is 0 Å². The van der Waals surface area contributed by atoms with Gasteiger partial charge in [0.15, 0.2) is 0 Å². The Bertz CT molecular complexity index is 383. The molecule has 2 aromatic heterocycles. The minimum atomic E-state index is 0.152. The van der Waals surface area contributed by atoms with Gasteiger partial charge in [0.1, 0.15) is 0 Å². The summed E-state index contributed by atoms with van der Waals surface area (Å²) in [6.07, 6.45) is 4.33. The van der Waals surface area contributed by atoms with Gasteiger partial charge in [-0.1, -0.05) is 6.07 Å². The normalized spacial score (nSPS) is 12.6. The molecule has 2 heterocycles. The molecule has 15 heavy (non-hydrogen) atoms. The molecule has 0 aromatic carbocycles. The number of likely N-dealkylation sites (N-methyl/N-ethyl adjacent to an activating group) is 1. The van der Waals surface area contributed by atoms with Gasteiger partial charge in [-0.2, -0.15) is 15.4 Å². The number of hydrogen-bond acceptors (Lipinski definition) is 4. The molecule has 0 bridgehead atoms. The van der Waals surface area contributed by atoms with Crippen LogP contribution in [0, 0.1) is 0 Å². The van der Waals surface area contributed by atoms with E-state index < -0.39 is 0 Å². The lowest BCUT2D eigenvalue weighted by molar-refractivity contribution is 0.567. The first-order chi connectivity index (χ1) is 7.40. The zero-order valence-corrected chi connectivity index (χ0v) is 8.51. The second-order valence-corrected chi connectivity index (χ2v) is 3.26. The first kappa shape index (κ1) is 9.79. The molecule has 0 aliphatic heterocycles. The molecular formula is C10H13N5. The highest BCUT2D eigenvalue weighted by molar-refractivity contribution is 5.09. The van der Waals surface area contributed by atoms with Crippen LogP contribution < -0.4 is 5.32 Å². The Morgan fingerprint density at radius 1 is 1.47 bits per heavy atom. The molecular weight excluding hydrogens is 190 g/mol. The zero-order chi connectivity index (χ0) is 10.5. The summed E-state index contributed by atoms with van der Waals surface area (Å²) in [4.78, 5) is 4.28. The zero-order valence-electron chi connectivity index (χ0n) is 8.51. The summed E-state index contributed by atoms with van der Waals surface area (Å²) < 4.78 is 0. The summed E-state index contributed by atoms with van der Waals surface area (Å²) in [6, 6.07) is 6.05. The van der Waals surface area contributed by atoms with E-state index in [0.717, 1.165) is 17.8 Å². The fourth-order valence-corrected chi connectivity index (χ4v) is 1.46. The molecule has 0 spiro atoms. The molecule has 2 rings (SSSR count). The van der Waals surface area contributed by atoms with Crippen LogP contribution in [-0.2, 0) is 6.42 Å². The van der Waals surface area contributed by atoms with E-state index in [1.54, 1.807) is 12.4 Å². The third-order valence-electron chi connectivity index (χ3n) is 2.28. The highest BCUT2D eigenvalue weighted by atomic mass is 15.3. The van der Waals surface area contributed by atoms with Crippen LogP contribution >= 0.6 is 0 Å². The maximum atomic E-state index is 4.28. The smallest absolute Gasteiger partial charge is 0.0997 e. The molecule has 0 saturated heterocycles. The number of pyridine rings is 1. The van der Waals surface area contributed by atoms with Crippen molar-refractivity contribution < 1.29 is 0 Å². The molecule has 0 radical (unpaired) electrons. The van der Waals surface area contributed by atoms with Crippen LogP contribution in [0.1, 0.15) is 17.4 Å². The number of aromatic amines is 1. The summed E-state index contributed by atoms with van der Waals surface area (Å²) in [7, 11) is 1.91. The third kappa shape index (κ3) is 2.38. The fourth-order valence-electron chi connectivity index (χ4n) is 1.46. The highest BCUT2D eigenvalue weighted by Gasteiger charge is 2.12. The van der Waals surface area contributed by atoms with E-state index in [-0.39, 0.29) is 6.04 Å². The van der Waals surface area contributed by atoms with Crippen molar-refractivity contribution in [2.45, 2.75) is 12.5 Å². The van der Waals surface area contributed by atoms with E-state index in [4.69, 9.17) is 0 Å². The summed E-state index contributed by atoms with van der Waals surface area (Å²) in [5, 5.41) is 13.7. The van der Waals surface area contributed by atoms with Crippen molar-refractivity contribution in [3.8, 4) is 0 Å². The molecule has 5 heteroatoms. The van der Waals surface area contributed by atoms with Crippen molar-refractivity contribution in [3.05, 3.63) is 42.0 Å². The van der Waals surface area contributed by atoms with Crippen molar-refractivity contribution in [1.29, 1.82) is 0 Å². The maximum absolute atomic E-state index is 4.28. The number of H-pyrrole nitrogens is 1. The number of rotatable bonds is 4. The van der Waals surface area contributed by atoms with Crippen LogP contribution in [-0.4, -0.2) is 27.4 Å². The van der Waals surface area contributed by atoms with Gasteiger partial charge < -0.3 is 5.32 Å². The Kier molecular flexibility index (Phi) is 3.04. The summed E-state index contributed by atoms with van der Waals surface area (Å²) in [5.41, 5.74) is 1.95. The molecule has 0 saturated carbocycles. The summed E-state index contributed by atoms with van der Waals surface area (Å²) in [5.74, 6) is 0. The molecule has 0 amide bonds. The van der Waals surface area contributed by atoms with E-state index in [9.17, 15) is 0 Å². The molecule has 78 valence electrons. The largest absolute Gasteiger partial charge is 0.311 e. The Morgan fingerprint density at radius 3 is 3.00 bits per heavy atom. The Morgan fingerprint density at radius 2 is 2.40 bits per heavy atom. The summed E-state index contributed by atoms with van der Waals surface area (Å²) in [6.45, 7) is 0. The molecule has 5 nitrogen and oxygen atoms in total. The fraction of sp³-hybridized carbons (Fsp3) is 0.300. The predicted octanol–water partition coefficient (Wildman–Crippen LogP) is 0.703. The van der Waals surface area contributed by atoms with Gasteiger partial charge in [0.25, 0.3) is 0 Å². The van der Waals surface area contributed by atoms with Crippen molar-refractivity contribution >= 4 is 0 Å². The molecule has 1 atom stereocenters. The molecule has 0 aliphatic carbocycles. The second kappa shape index (κ2) is 4.65. The molecule has 0 aliphatic rings. The van der Waals surface area contributed by atoms with Crippen LogP contribution in [0.4, 0.5) is 0 Å². The van der Waals surface area contributed by atoms with E-state index in [1.165, 1.54) is 0 Å². The predicted molar refractivity (Wildman–Crippen MR) is 56.1 cm³/mol. The van der Waals surface area contributed by atoms with Gasteiger partial charge in [0.05, 0.1) is 17.9 Å². The van der Waals surface area contributed by atoms with E-state index in [1.807, 2.05) is 25.2 Å². The van der Waals surface area contributed by atoms with Crippen molar-refractivity contribution in [2.24, 2.45) is 0 Å². The highest BCUT2D eigenvalue weighted by Crippen LogP contribution is 2.12. The van der Waals surface area contributed by atoms with Crippen molar-refractivity contribution in [1.82, 2.24) is 25.7 Å². The Labute approximate surface area is 87.9 Å². The monoisotopic (exact) mass is 203 g/mol. The average Bonchev–Trinajstić information content (AvgIpc) is 2.81. The lowest BCUT2D eigenvalue weighted by atomic mass is 10.1. The van der Waals surface area contributed by atoms with Crippen LogP contribution in [0.25, 0.3) is 0 Å². The number of nitrogens with one attached hydrogen (secondary N) is 2. The minimum Gasteiger partial charge on any atom is -0.311 e. The lowest BCUT2D eigenvalue weighted by Gasteiger charge is -2.11. The van der Waals surface area contributed by atoms with Gasteiger partial charge in [0, 0.05) is 18.3 Å². The van der Waals surface area contributed by atoms with Gasteiger partial charge >= 0.3 is 0 Å². The SMILES string of the molecule is CNC(Cc1ccccn1)c1cn[nH]n1. The first-order valence-corrected chi connectivity index (χ1v) is 4.83. The number of aromatic nitrogens is 4. The van der Waals surface area contributed by atoms with Gasteiger partial charge in [-0.05, 0) is 19.2 Å². The molecule has 0 fully saturated rings. The minimum absolute atomic E-state index is 0.152. The first-order valence-electron chi connectivity index (χ1n) is 4.83. The van der Waals surface area contributed by atoms with Crippen LogP contribution in [0.15, 0.2) is 30.6 Å². The second-order valence-electron chi connectivity index (χ2n) is 3.26. The standard InChI is InChI=1S/C10H13N5/c1-11-9(10-7-13-15-14-10)6-8-4-2-3-5-12-8/h2-5,7,9,11H,6H2,1H3,(H,13,14,15). The van der Waals surface area contributed by atoms with Gasteiger partial charge in [0.2, 0.25) is 0 Å². The molecule has 2 aromatic rings. The third-order valence-corrected chi connectivity index (χ3v) is 2.28. The van der Waals surface area contributed by atoms with E-state index in [2.05, 4.69) is 25.7 Å². The summed E-state index contributed by atoms with van der Waals surface area (Å²) >= 11 is 0. The van der Waals surface area contributed by atoms with E-state index in [0.29, 0.717) is 0 Å².